The maximum atomic E-state index is 11.7. The summed E-state index contributed by atoms with van der Waals surface area (Å²) in [6, 6.07) is 38.1. The number of carbonyl (C=O) groups is 2. The molecule has 2 aliphatic heterocycles. The lowest BCUT2D eigenvalue weighted by Crippen LogP contribution is -2.33. The molecule has 12 heteroatoms. The van der Waals surface area contributed by atoms with E-state index < -0.39 is 11.2 Å². The zero-order valence-electron chi connectivity index (χ0n) is 44.5. The number of benzene rings is 4. The molecule has 4 aliphatic rings. The van der Waals surface area contributed by atoms with Crippen LogP contribution in [-0.4, -0.2) is 63.0 Å². The first-order valence-corrected chi connectivity index (χ1v) is 26.7. The van der Waals surface area contributed by atoms with Crippen molar-refractivity contribution in [3.05, 3.63) is 171 Å². The number of aryl methyl sites for hydroxylation is 2. The third-order valence-corrected chi connectivity index (χ3v) is 15.6. The Bertz CT molecular complexity index is 3060. The van der Waals surface area contributed by atoms with Crippen LogP contribution in [0, 0.1) is 25.7 Å². The molecule has 0 bridgehead atoms. The van der Waals surface area contributed by atoms with E-state index >= 15 is 0 Å². The summed E-state index contributed by atoms with van der Waals surface area (Å²) >= 11 is 6.37. The van der Waals surface area contributed by atoms with Crippen molar-refractivity contribution < 1.29 is 28.5 Å². The second-order valence-electron chi connectivity index (χ2n) is 21.4. The van der Waals surface area contributed by atoms with E-state index in [1.165, 1.54) is 25.3 Å². The topological polar surface area (TPSA) is 135 Å². The second kappa shape index (κ2) is 22.9. The van der Waals surface area contributed by atoms with Gasteiger partial charge in [-0.3, -0.25) is 9.59 Å². The van der Waals surface area contributed by atoms with Gasteiger partial charge in [-0.1, -0.05) is 121 Å². The molecule has 2 aliphatic carbocycles. The van der Waals surface area contributed by atoms with E-state index in [-0.39, 0.29) is 11.9 Å². The number of halogens is 1. The molecule has 388 valence electrons. The Labute approximate surface area is 446 Å². The Morgan fingerprint density at radius 3 is 1.39 bits per heavy atom. The summed E-state index contributed by atoms with van der Waals surface area (Å²) in [5, 5.41) is 0.413. The third kappa shape index (κ3) is 12.4. The zero-order chi connectivity index (χ0) is 52.9. The molecular formula is C63H68ClN5O6. The molecule has 0 spiro atoms. The van der Waals surface area contributed by atoms with E-state index in [1.54, 1.807) is 0 Å². The first-order chi connectivity index (χ1) is 36.1. The quantitative estimate of drug-likeness (QED) is 0.0701. The van der Waals surface area contributed by atoms with Crippen LogP contribution in [0.25, 0.3) is 23.3 Å². The van der Waals surface area contributed by atoms with E-state index in [9.17, 15) is 9.59 Å². The van der Waals surface area contributed by atoms with E-state index in [0.29, 0.717) is 70.9 Å². The predicted octanol–water partition coefficient (Wildman–Crippen LogP) is 14.5. The Hall–Kier alpha value is -6.98. The molecule has 2 fully saturated rings. The van der Waals surface area contributed by atoms with Gasteiger partial charge in [0, 0.05) is 35.1 Å². The number of nitrogens with zero attached hydrogens (tertiary/aromatic N) is 5. The first-order valence-electron chi connectivity index (χ1n) is 26.4. The van der Waals surface area contributed by atoms with Crippen molar-refractivity contribution in [3.8, 4) is 11.8 Å². The normalized spacial score (nSPS) is 20.2. The van der Waals surface area contributed by atoms with Crippen LogP contribution in [-0.2, 0) is 19.1 Å². The van der Waals surface area contributed by atoms with Gasteiger partial charge in [0.05, 0.1) is 31.1 Å². The fourth-order valence-electron chi connectivity index (χ4n) is 11.1. The van der Waals surface area contributed by atoms with Crippen molar-refractivity contribution in [2.24, 2.45) is 16.8 Å². The molecule has 6 aromatic rings. The van der Waals surface area contributed by atoms with Gasteiger partial charge in [-0.15, -0.1) is 0 Å². The number of rotatable bonds is 11. The van der Waals surface area contributed by atoms with E-state index in [1.807, 2.05) is 70.2 Å². The fraction of sp³-hybridized carbons (Fsp3) is 0.381. The van der Waals surface area contributed by atoms with Crippen molar-refractivity contribution in [1.82, 2.24) is 19.9 Å². The van der Waals surface area contributed by atoms with Gasteiger partial charge in [0.1, 0.15) is 28.0 Å². The van der Waals surface area contributed by atoms with Crippen LogP contribution >= 0.6 is 11.6 Å². The summed E-state index contributed by atoms with van der Waals surface area (Å²) in [5.74, 6) is 4.61. The van der Waals surface area contributed by atoms with Crippen molar-refractivity contribution in [2.45, 2.75) is 129 Å². The van der Waals surface area contributed by atoms with Crippen LogP contribution in [0.2, 0.25) is 5.15 Å². The molecule has 0 saturated heterocycles. The highest BCUT2D eigenvalue weighted by Gasteiger charge is 2.36. The monoisotopic (exact) mass is 1030 g/mol. The Kier molecular flexibility index (Phi) is 16.1. The predicted molar refractivity (Wildman–Crippen MR) is 297 cm³/mol. The minimum atomic E-state index is -0.593. The van der Waals surface area contributed by atoms with Crippen LogP contribution in [0.15, 0.2) is 114 Å². The van der Waals surface area contributed by atoms with Gasteiger partial charge in [-0.2, -0.15) is 9.97 Å². The Morgan fingerprint density at radius 2 is 0.960 bits per heavy atom. The highest BCUT2D eigenvalue weighted by molar-refractivity contribution is 6.31. The van der Waals surface area contributed by atoms with E-state index in [2.05, 4.69) is 108 Å². The van der Waals surface area contributed by atoms with Gasteiger partial charge in [0.15, 0.2) is 5.82 Å². The third-order valence-electron chi connectivity index (χ3n) is 15.3. The molecular weight excluding hydrogens is 958 g/mol. The van der Waals surface area contributed by atoms with E-state index in [4.69, 9.17) is 40.5 Å². The summed E-state index contributed by atoms with van der Waals surface area (Å²) in [7, 11) is 2.93. The zero-order valence-corrected chi connectivity index (χ0v) is 45.2. The summed E-state index contributed by atoms with van der Waals surface area (Å²) < 4.78 is 22.5. The minimum absolute atomic E-state index is 0.0966. The van der Waals surface area contributed by atoms with Gasteiger partial charge >= 0.3 is 11.9 Å². The number of esters is 2. The summed E-state index contributed by atoms with van der Waals surface area (Å²) in [5.41, 5.74) is 10.3. The number of aromatic nitrogens is 4. The SMILES string of the molecule is COC(=O)CC1CCC(c2ccc(C3=Cc4c(Cl)nc(C)nc4OC3(C)C)cc2)CC1.COC(=O)CC1CCC(c2ccc(C3=Cc4c(N=C(c5ccccc5)c5ccccc5)nc(C)nc4OC3(C)C)cc2)CC1. The highest BCUT2D eigenvalue weighted by Crippen LogP contribution is 2.46. The lowest BCUT2D eigenvalue weighted by atomic mass is 9.77. The maximum Gasteiger partial charge on any atom is 0.305 e. The number of hydrogen-bond acceptors (Lipinski definition) is 11. The van der Waals surface area contributed by atoms with Crippen molar-refractivity contribution in [1.29, 1.82) is 0 Å². The molecule has 2 saturated carbocycles. The minimum Gasteiger partial charge on any atom is -0.469 e. The molecule has 11 nitrogen and oxygen atoms in total. The Balaban J connectivity index is 0.000000195. The highest BCUT2D eigenvalue weighted by atomic mass is 35.5. The van der Waals surface area contributed by atoms with Crippen molar-refractivity contribution in [3.63, 3.8) is 0 Å². The first kappa shape index (κ1) is 52.9. The van der Waals surface area contributed by atoms with Crippen LogP contribution < -0.4 is 9.47 Å². The smallest absolute Gasteiger partial charge is 0.305 e. The van der Waals surface area contributed by atoms with Crippen LogP contribution in [0.3, 0.4) is 0 Å². The molecule has 4 heterocycles. The molecule has 0 N–H and O–H groups in total. The molecule has 4 aromatic carbocycles. The maximum absolute atomic E-state index is 11.7. The number of carbonyl (C=O) groups excluding carboxylic acids is 2. The van der Waals surface area contributed by atoms with Crippen LogP contribution in [0.4, 0.5) is 5.82 Å². The molecule has 0 amide bonds. The van der Waals surface area contributed by atoms with Gasteiger partial charge in [-0.05, 0) is 151 Å². The fourth-order valence-corrected chi connectivity index (χ4v) is 11.4. The number of aliphatic imine (C=N–C) groups is 1. The number of ether oxygens (including phenoxy) is 4. The van der Waals surface area contributed by atoms with E-state index in [0.717, 1.165) is 102 Å². The number of methoxy groups -OCH3 is 2. The standard InChI is InChI=1S/C38H39N3O3.C25H29ClN2O3/c1-25-39-36(41-35(30-11-7-5-8-12-30)31-13-9-6-10-14-31)32-24-33(38(2,3)44-37(32)40-25)29-21-19-28(20-22-29)27-17-15-26(16-18-27)23-34(42)43-4;1-15-27-23(26)20-14-21(25(2,3)31-24(20)28-15)19-11-9-18(10-12-19)17-7-5-16(6-8-17)13-22(29)30-4/h5-14,19-22,24,26-27H,15-18,23H2,1-4H3;9-12,14,16-17H,5-8,13H2,1-4H3. The molecule has 75 heavy (non-hydrogen) atoms. The molecule has 0 radical (unpaired) electrons. The van der Waals surface area contributed by atoms with Crippen LogP contribution in [0.5, 0.6) is 11.8 Å². The number of hydrogen-bond donors (Lipinski definition) is 0. The van der Waals surface area contributed by atoms with Crippen molar-refractivity contribution in [2.75, 3.05) is 14.2 Å². The van der Waals surface area contributed by atoms with Gasteiger partial charge in [0.2, 0.25) is 11.8 Å². The second-order valence-corrected chi connectivity index (χ2v) is 21.7. The molecule has 2 aromatic heterocycles. The summed E-state index contributed by atoms with van der Waals surface area (Å²) in [4.78, 5) is 46.6. The molecule has 0 unspecified atom stereocenters. The molecule has 0 atom stereocenters. The van der Waals surface area contributed by atoms with Gasteiger partial charge < -0.3 is 18.9 Å². The average molecular weight is 1030 g/mol. The number of fused-ring (bicyclic) bond motifs is 2. The lowest BCUT2D eigenvalue weighted by Gasteiger charge is -2.34. The largest absolute Gasteiger partial charge is 0.469 e. The summed E-state index contributed by atoms with van der Waals surface area (Å²) in [6.07, 6.45) is 13.9. The molecule has 10 rings (SSSR count). The lowest BCUT2D eigenvalue weighted by molar-refractivity contribution is -0.142. The summed E-state index contributed by atoms with van der Waals surface area (Å²) in [6.45, 7) is 11.9. The van der Waals surface area contributed by atoms with Gasteiger partial charge in [-0.25, -0.2) is 15.0 Å². The van der Waals surface area contributed by atoms with Gasteiger partial charge in [0.25, 0.3) is 0 Å². The van der Waals surface area contributed by atoms with Crippen molar-refractivity contribution >= 4 is 58.4 Å². The Morgan fingerprint density at radius 1 is 0.560 bits per heavy atom. The van der Waals surface area contributed by atoms with Crippen LogP contribution in [0.1, 0.15) is 160 Å². The average Bonchev–Trinajstić information content (AvgIpc) is 3.40.